The van der Waals surface area contributed by atoms with E-state index in [4.69, 9.17) is 0 Å². The molecule has 6 nitrogen and oxygen atoms in total. The SMILES string of the molecule is C[C@H](CNC1Cc2ccccc2N1)NS(=O)(=O)c1ccc2cnccc2c1. The van der Waals surface area contributed by atoms with Gasteiger partial charge in [-0.2, -0.15) is 0 Å². The summed E-state index contributed by atoms with van der Waals surface area (Å²) in [5.41, 5.74) is 2.41. The second kappa shape index (κ2) is 7.26. The van der Waals surface area contributed by atoms with Crippen LogP contribution in [0.15, 0.2) is 65.8 Å². The predicted molar refractivity (Wildman–Crippen MR) is 107 cm³/mol. The molecule has 0 aliphatic carbocycles. The maximum Gasteiger partial charge on any atom is 0.240 e. The zero-order valence-corrected chi connectivity index (χ0v) is 15.8. The van der Waals surface area contributed by atoms with Gasteiger partial charge in [0.1, 0.15) is 0 Å². The number of sulfonamides is 1. The smallest absolute Gasteiger partial charge is 0.240 e. The molecule has 2 atom stereocenters. The van der Waals surface area contributed by atoms with Crippen LogP contribution in [0.2, 0.25) is 0 Å². The Bertz CT molecular complexity index is 1040. The van der Waals surface area contributed by atoms with E-state index in [1.165, 1.54) is 5.56 Å². The summed E-state index contributed by atoms with van der Waals surface area (Å²) in [6.07, 6.45) is 4.38. The second-order valence-corrected chi connectivity index (χ2v) is 8.59. The molecule has 0 amide bonds. The Kier molecular flexibility index (Phi) is 4.82. The number of nitrogens with zero attached hydrogens (tertiary/aromatic N) is 1. The Morgan fingerprint density at radius 3 is 2.89 bits per heavy atom. The average Bonchev–Trinajstić information content (AvgIpc) is 3.09. The number of rotatable bonds is 6. The number of para-hydroxylation sites is 1. The minimum Gasteiger partial charge on any atom is -0.369 e. The molecular weight excluding hydrogens is 360 g/mol. The lowest BCUT2D eigenvalue weighted by molar-refractivity contribution is 0.504. The first-order valence-corrected chi connectivity index (χ1v) is 10.4. The average molecular weight is 382 g/mol. The molecule has 0 spiro atoms. The minimum absolute atomic E-state index is 0.113. The summed E-state index contributed by atoms with van der Waals surface area (Å²) in [7, 11) is -3.58. The van der Waals surface area contributed by atoms with E-state index in [1.807, 2.05) is 25.1 Å². The Morgan fingerprint density at radius 1 is 1.19 bits per heavy atom. The van der Waals surface area contributed by atoms with Gasteiger partial charge in [-0.25, -0.2) is 13.1 Å². The molecule has 3 aromatic rings. The van der Waals surface area contributed by atoms with Crippen LogP contribution in [0.3, 0.4) is 0 Å². The van der Waals surface area contributed by atoms with Crippen molar-refractivity contribution in [1.82, 2.24) is 15.0 Å². The van der Waals surface area contributed by atoms with E-state index in [2.05, 4.69) is 32.5 Å². The maximum atomic E-state index is 12.7. The van der Waals surface area contributed by atoms with Crippen LogP contribution in [-0.2, 0) is 16.4 Å². The number of anilines is 1. The number of fused-ring (bicyclic) bond motifs is 2. The fourth-order valence-corrected chi connectivity index (χ4v) is 4.62. The molecule has 1 aliphatic rings. The van der Waals surface area contributed by atoms with Crippen LogP contribution in [0.5, 0.6) is 0 Å². The number of aromatic nitrogens is 1. The van der Waals surface area contributed by atoms with E-state index in [0.717, 1.165) is 22.9 Å². The van der Waals surface area contributed by atoms with E-state index in [0.29, 0.717) is 6.54 Å². The lowest BCUT2D eigenvalue weighted by Crippen LogP contribution is -2.45. The Hall–Kier alpha value is -2.48. The van der Waals surface area contributed by atoms with Crippen LogP contribution < -0.4 is 15.4 Å². The highest BCUT2D eigenvalue weighted by Crippen LogP contribution is 2.24. The molecule has 3 N–H and O–H groups in total. The quantitative estimate of drug-likeness (QED) is 0.610. The molecule has 27 heavy (non-hydrogen) atoms. The second-order valence-electron chi connectivity index (χ2n) is 6.87. The summed E-state index contributed by atoms with van der Waals surface area (Å²) >= 11 is 0. The normalized spacial score (nSPS) is 17.4. The molecular formula is C20H22N4O2S. The molecule has 7 heteroatoms. The van der Waals surface area contributed by atoms with Crippen LogP contribution in [0.25, 0.3) is 10.8 Å². The summed E-state index contributed by atoms with van der Waals surface area (Å²) < 4.78 is 28.1. The molecule has 0 bridgehead atoms. The van der Waals surface area contributed by atoms with Crippen molar-refractivity contribution in [1.29, 1.82) is 0 Å². The Morgan fingerprint density at radius 2 is 2.04 bits per heavy atom. The van der Waals surface area contributed by atoms with Gasteiger partial charge in [0.05, 0.1) is 11.1 Å². The summed E-state index contributed by atoms with van der Waals surface area (Å²) in [6.45, 7) is 2.39. The zero-order chi connectivity index (χ0) is 18.9. The predicted octanol–water partition coefficient (Wildman–Crippen LogP) is 2.49. The lowest BCUT2D eigenvalue weighted by Gasteiger charge is -2.19. The number of pyridine rings is 1. The van der Waals surface area contributed by atoms with Crippen LogP contribution in [0.1, 0.15) is 12.5 Å². The lowest BCUT2D eigenvalue weighted by atomic mass is 10.1. The van der Waals surface area contributed by atoms with E-state index < -0.39 is 10.0 Å². The van der Waals surface area contributed by atoms with Gasteiger partial charge in [0.25, 0.3) is 0 Å². The van der Waals surface area contributed by atoms with Crippen molar-refractivity contribution < 1.29 is 8.42 Å². The van der Waals surface area contributed by atoms with E-state index >= 15 is 0 Å². The number of hydrogen-bond acceptors (Lipinski definition) is 5. The molecule has 0 saturated carbocycles. The molecule has 140 valence electrons. The van der Waals surface area contributed by atoms with Gasteiger partial charge in [0.2, 0.25) is 10.0 Å². The molecule has 2 aromatic carbocycles. The molecule has 0 saturated heterocycles. The largest absolute Gasteiger partial charge is 0.369 e. The maximum absolute atomic E-state index is 12.7. The zero-order valence-electron chi connectivity index (χ0n) is 15.0. The van der Waals surface area contributed by atoms with Gasteiger partial charge in [0, 0.05) is 42.5 Å². The van der Waals surface area contributed by atoms with Gasteiger partial charge in [-0.05, 0) is 42.1 Å². The molecule has 1 aliphatic heterocycles. The van der Waals surface area contributed by atoms with Crippen molar-refractivity contribution in [3.05, 3.63) is 66.5 Å². The third-order valence-electron chi connectivity index (χ3n) is 4.72. The highest BCUT2D eigenvalue weighted by atomic mass is 32.2. The van der Waals surface area contributed by atoms with Gasteiger partial charge in [-0.3, -0.25) is 10.3 Å². The number of benzene rings is 2. The summed E-state index contributed by atoms with van der Waals surface area (Å²) in [6, 6.07) is 14.8. The monoisotopic (exact) mass is 382 g/mol. The van der Waals surface area contributed by atoms with Crippen LogP contribution in [-0.4, -0.2) is 32.2 Å². The van der Waals surface area contributed by atoms with Gasteiger partial charge < -0.3 is 5.32 Å². The third-order valence-corrected chi connectivity index (χ3v) is 6.31. The van der Waals surface area contributed by atoms with Crippen molar-refractivity contribution in [2.24, 2.45) is 0 Å². The van der Waals surface area contributed by atoms with Crippen LogP contribution >= 0.6 is 0 Å². The molecule has 1 aromatic heterocycles. The van der Waals surface area contributed by atoms with Crippen molar-refractivity contribution in [2.45, 2.75) is 30.4 Å². The fourth-order valence-electron chi connectivity index (χ4n) is 3.34. The Labute approximate surface area is 159 Å². The first-order chi connectivity index (χ1) is 13.0. The number of hydrogen-bond donors (Lipinski definition) is 3. The van der Waals surface area contributed by atoms with Gasteiger partial charge in [-0.1, -0.05) is 24.3 Å². The summed E-state index contributed by atoms with van der Waals surface area (Å²) in [4.78, 5) is 4.31. The third kappa shape index (κ3) is 3.95. The summed E-state index contributed by atoms with van der Waals surface area (Å²) in [5.74, 6) is 0. The first kappa shape index (κ1) is 17.9. The topological polar surface area (TPSA) is 83.1 Å². The first-order valence-electron chi connectivity index (χ1n) is 8.95. The standard InChI is InChI=1S/C20H22N4O2S/c1-14(12-22-20-11-16-4-2-3-5-19(16)23-20)24-27(25,26)18-7-6-17-13-21-9-8-15(17)10-18/h2-10,13-14,20,22-24H,11-12H2,1H3/t14-,20?/m1/s1. The fraction of sp³-hybridized carbons (Fsp3) is 0.250. The van der Waals surface area contributed by atoms with Gasteiger partial charge in [-0.15, -0.1) is 0 Å². The highest BCUT2D eigenvalue weighted by molar-refractivity contribution is 7.89. The van der Waals surface area contributed by atoms with Crippen LogP contribution in [0, 0.1) is 0 Å². The highest BCUT2D eigenvalue weighted by Gasteiger charge is 2.22. The van der Waals surface area contributed by atoms with E-state index in [1.54, 1.807) is 30.6 Å². The van der Waals surface area contributed by atoms with Crippen molar-refractivity contribution in [3.63, 3.8) is 0 Å². The Balaban J connectivity index is 1.37. The van der Waals surface area contributed by atoms with Crippen molar-refractivity contribution >= 4 is 26.5 Å². The van der Waals surface area contributed by atoms with E-state index in [-0.39, 0.29) is 17.1 Å². The molecule has 0 fully saturated rings. The number of nitrogens with one attached hydrogen (secondary N) is 3. The molecule has 0 radical (unpaired) electrons. The molecule has 2 heterocycles. The summed E-state index contributed by atoms with van der Waals surface area (Å²) in [5, 5.41) is 8.56. The molecule has 4 rings (SSSR count). The minimum atomic E-state index is -3.58. The van der Waals surface area contributed by atoms with Crippen LogP contribution in [0.4, 0.5) is 5.69 Å². The van der Waals surface area contributed by atoms with E-state index in [9.17, 15) is 8.42 Å². The van der Waals surface area contributed by atoms with Gasteiger partial charge in [0.15, 0.2) is 0 Å². The van der Waals surface area contributed by atoms with Crippen molar-refractivity contribution in [2.75, 3.05) is 11.9 Å². The van der Waals surface area contributed by atoms with Crippen molar-refractivity contribution in [3.8, 4) is 0 Å². The molecule has 1 unspecified atom stereocenters. The van der Waals surface area contributed by atoms with Gasteiger partial charge >= 0.3 is 0 Å².